The first-order valence-corrected chi connectivity index (χ1v) is 9.76. The summed E-state index contributed by atoms with van der Waals surface area (Å²) < 4.78 is 11.0. The molecule has 6 nitrogen and oxygen atoms in total. The Labute approximate surface area is 180 Å². The molecule has 0 unspecified atom stereocenters. The lowest BCUT2D eigenvalue weighted by molar-refractivity contribution is -0.129. The van der Waals surface area contributed by atoms with E-state index in [9.17, 15) is 9.59 Å². The second kappa shape index (κ2) is 11.1. The average molecular weight is 414 g/mol. The lowest BCUT2D eigenvalue weighted by atomic mass is 10.2. The van der Waals surface area contributed by atoms with Crippen molar-refractivity contribution in [1.29, 1.82) is 0 Å². The fraction of sp³-hybridized carbons (Fsp3) is 0.0800. The summed E-state index contributed by atoms with van der Waals surface area (Å²) in [6.45, 7) is 2.23. The van der Waals surface area contributed by atoms with Gasteiger partial charge in [0.25, 0.3) is 5.91 Å². The standard InChI is InChI=1S/C25H22N2O4/c1-2-30-23-17-20(18-26-27-25(29)21-11-7-4-8-12-21)13-15-22(23)31-24(28)16-14-19-9-5-3-6-10-19/h3-18H,2H2,1H3,(H,27,29)/b16-14+,26-18+. The van der Waals surface area contributed by atoms with Crippen LogP contribution in [0.4, 0.5) is 0 Å². The third-order valence-electron chi connectivity index (χ3n) is 4.11. The molecule has 0 heterocycles. The average Bonchev–Trinajstić information content (AvgIpc) is 2.80. The lowest BCUT2D eigenvalue weighted by Gasteiger charge is -2.10. The maximum atomic E-state index is 12.2. The summed E-state index contributed by atoms with van der Waals surface area (Å²) in [7, 11) is 0. The molecule has 0 spiro atoms. The second-order valence-electron chi connectivity index (χ2n) is 6.37. The monoisotopic (exact) mass is 414 g/mol. The van der Waals surface area contributed by atoms with Crippen LogP contribution in [0.25, 0.3) is 6.08 Å². The number of carbonyl (C=O) groups excluding carboxylic acids is 2. The van der Waals surface area contributed by atoms with E-state index < -0.39 is 5.97 Å². The Balaban J connectivity index is 1.65. The molecule has 0 saturated carbocycles. The first-order chi connectivity index (χ1) is 15.2. The molecule has 0 radical (unpaired) electrons. The molecule has 1 amide bonds. The summed E-state index contributed by atoms with van der Waals surface area (Å²) in [5.41, 5.74) is 4.56. The zero-order valence-electron chi connectivity index (χ0n) is 17.0. The Morgan fingerprint density at radius 1 is 0.903 bits per heavy atom. The number of hydrogen-bond acceptors (Lipinski definition) is 5. The molecule has 0 atom stereocenters. The SMILES string of the molecule is CCOc1cc(/C=N/NC(=O)c2ccccc2)ccc1OC(=O)/C=C/c1ccccc1. The van der Waals surface area contributed by atoms with Crippen molar-refractivity contribution in [1.82, 2.24) is 5.43 Å². The summed E-state index contributed by atoms with van der Waals surface area (Å²) >= 11 is 0. The minimum absolute atomic E-state index is 0.301. The zero-order chi connectivity index (χ0) is 21.9. The van der Waals surface area contributed by atoms with Crippen molar-refractivity contribution in [3.05, 3.63) is 102 Å². The molecule has 1 N–H and O–H groups in total. The lowest BCUT2D eigenvalue weighted by Crippen LogP contribution is -2.17. The van der Waals surface area contributed by atoms with Crippen LogP contribution in [0.3, 0.4) is 0 Å². The molecule has 0 aliphatic rings. The van der Waals surface area contributed by atoms with E-state index in [-0.39, 0.29) is 5.91 Å². The number of ether oxygens (including phenoxy) is 2. The predicted molar refractivity (Wildman–Crippen MR) is 120 cm³/mol. The van der Waals surface area contributed by atoms with Crippen molar-refractivity contribution in [2.75, 3.05) is 6.61 Å². The summed E-state index contributed by atoms with van der Waals surface area (Å²) in [6.07, 6.45) is 4.53. The molecule has 31 heavy (non-hydrogen) atoms. The second-order valence-corrected chi connectivity index (χ2v) is 6.37. The molecular weight excluding hydrogens is 392 g/mol. The van der Waals surface area contributed by atoms with Gasteiger partial charge in [-0.3, -0.25) is 4.79 Å². The highest BCUT2D eigenvalue weighted by Gasteiger charge is 2.09. The van der Waals surface area contributed by atoms with Gasteiger partial charge in [-0.2, -0.15) is 5.10 Å². The number of rotatable bonds is 8. The molecule has 0 aliphatic carbocycles. The topological polar surface area (TPSA) is 77.0 Å². The van der Waals surface area contributed by atoms with Crippen LogP contribution in [-0.2, 0) is 4.79 Å². The number of nitrogens with zero attached hydrogens (tertiary/aromatic N) is 1. The summed E-state index contributed by atoms with van der Waals surface area (Å²) in [5, 5.41) is 3.97. The van der Waals surface area contributed by atoms with E-state index in [4.69, 9.17) is 9.47 Å². The van der Waals surface area contributed by atoms with Crippen LogP contribution in [-0.4, -0.2) is 24.7 Å². The maximum Gasteiger partial charge on any atom is 0.336 e. The normalized spacial score (nSPS) is 10.9. The number of hydrazone groups is 1. The predicted octanol–water partition coefficient (Wildman–Crippen LogP) is 4.47. The highest BCUT2D eigenvalue weighted by atomic mass is 16.6. The van der Waals surface area contributed by atoms with Gasteiger partial charge in [-0.25, -0.2) is 10.2 Å². The smallest absolute Gasteiger partial charge is 0.336 e. The fourth-order valence-corrected chi connectivity index (χ4v) is 2.65. The van der Waals surface area contributed by atoms with Crippen LogP contribution in [0.2, 0.25) is 0 Å². The van der Waals surface area contributed by atoms with Crippen LogP contribution < -0.4 is 14.9 Å². The van der Waals surface area contributed by atoms with E-state index in [0.717, 1.165) is 5.56 Å². The third-order valence-corrected chi connectivity index (χ3v) is 4.11. The van der Waals surface area contributed by atoms with Crippen molar-refractivity contribution >= 4 is 24.2 Å². The first-order valence-electron chi connectivity index (χ1n) is 9.76. The van der Waals surface area contributed by atoms with Crippen molar-refractivity contribution < 1.29 is 19.1 Å². The van der Waals surface area contributed by atoms with E-state index >= 15 is 0 Å². The molecule has 0 fully saturated rings. The number of nitrogens with one attached hydrogen (secondary N) is 1. The van der Waals surface area contributed by atoms with Crippen molar-refractivity contribution in [2.45, 2.75) is 6.92 Å². The molecule has 0 aromatic heterocycles. The van der Waals surface area contributed by atoms with E-state index in [1.54, 1.807) is 48.5 Å². The minimum atomic E-state index is -0.513. The fourth-order valence-electron chi connectivity index (χ4n) is 2.65. The van der Waals surface area contributed by atoms with E-state index in [2.05, 4.69) is 10.5 Å². The quantitative estimate of drug-likeness (QED) is 0.194. The Morgan fingerprint density at radius 2 is 1.61 bits per heavy atom. The summed E-state index contributed by atoms with van der Waals surface area (Å²) in [4.78, 5) is 24.2. The van der Waals surface area contributed by atoms with Gasteiger partial charge in [0.1, 0.15) is 0 Å². The molecule has 0 aliphatic heterocycles. The summed E-state index contributed by atoms with van der Waals surface area (Å²) in [6, 6.07) is 23.3. The van der Waals surface area contributed by atoms with E-state index in [0.29, 0.717) is 29.2 Å². The summed E-state index contributed by atoms with van der Waals surface area (Å²) in [5.74, 6) is -0.115. The van der Waals surface area contributed by atoms with Gasteiger partial charge >= 0.3 is 5.97 Å². The molecule has 0 bridgehead atoms. The Bertz CT molecular complexity index is 1080. The van der Waals surface area contributed by atoms with Crippen molar-refractivity contribution in [2.24, 2.45) is 5.10 Å². The first kappa shape index (κ1) is 21.5. The molecule has 6 heteroatoms. The van der Waals surface area contributed by atoms with Gasteiger partial charge in [-0.15, -0.1) is 0 Å². The van der Waals surface area contributed by atoms with Gasteiger partial charge in [0, 0.05) is 11.6 Å². The molecule has 156 valence electrons. The van der Waals surface area contributed by atoms with Gasteiger partial charge in [0.15, 0.2) is 11.5 Å². The van der Waals surface area contributed by atoms with Crippen molar-refractivity contribution in [3.63, 3.8) is 0 Å². The number of carbonyl (C=O) groups is 2. The number of amides is 1. The van der Waals surface area contributed by atoms with Gasteiger partial charge in [0.2, 0.25) is 0 Å². The van der Waals surface area contributed by atoms with E-state index in [1.165, 1.54) is 12.3 Å². The van der Waals surface area contributed by atoms with E-state index in [1.807, 2.05) is 43.3 Å². The van der Waals surface area contributed by atoms with Gasteiger partial charge in [0.05, 0.1) is 12.8 Å². The molecule has 3 rings (SSSR count). The van der Waals surface area contributed by atoms with Gasteiger partial charge < -0.3 is 9.47 Å². The number of esters is 1. The molecule has 0 saturated heterocycles. The van der Waals surface area contributed by atoms with Crippen molar-refractivity contribution in [3.8, 4) is 11.5 Å². The Morgan fingerprint density at radius 3 is 2.32 bits per heavy atom. The Kier molecular flexibility index (Phi) is 7.71. The molecular formula is C25H22N2O4. The van der Waals surface area contributed by atoms with Gasteiger partial charge in [-0.05, 0) is 54.5 Å². The third kappa shape index (κ3) is 6.68. The van der Waals surface area contributed by atoms with Crippen LogP contribution in [0.1, 0.15) is 28.4 Å². The molecule has 3 aromatic carbocycles. The van der Waals surface area contributed by atoms with Crippen LogP contribution in [0.5, 0.6) is 11.5 Å². The maximum absolute atomic E-state index is 12.2. The van der Waals surface area contributed by atoms with Crippen LogP contribution in [0.15, 0.2) is 90.0 Å². The number of hydrogen-bond donors (Lipinski definition) is 1. The van der Waals surface area contributed by atoms with Crippen LogP contribution >= 0.6 is 0 Å². The Hall–Kier alpha value is -4.19. The zero-order valence-corrected chi connectivity index (χ0v) is 17.0. The van der Waals surface area contributed by atoms with Crippen LogP contribution in [0, 0.1) is 0 Å². The molecule has 3 aromatic rings. The van der Waals surface area contributed by atoms with Gasteiger partial charge in [-0.1, -0.05) is 48.5 Å². The highest BCUT2D eigenvalue weighted by molar-refractivity contribution is 5.95. The highest BCUT2D eigenvalue weighted by Crippen LogP contribution is 2.28. The number of benzene rings is 3. The largest absolute Gasteiger partial charge is 0.490 e. The minimum Gasteiger partial charge on any atom is -0.490 e.